The molecule has 0 amide bonds. The lowest BCUT2D eigenvalue weighted by Gasteiger charge is -2.15. The molecular weight excluding hydrogens is 409 g/mol. The fourth-order valence-electron chi connectivity index (χ4n) is 3.23. The predicted molar refractivity (Wildman–Crippen MR) is 108 cm³/mol. The summed E-state index contributed by atoms with van der Waals surface area (Å²) in [7, 11) is 0. The van der Waals surface area contributed by atoms with E-state index >= 15 is 0 Å². The van der Waals surface area contributed by atoms with Gasteiger partial charge in [0.05, 0.1) is 17.6 Å². The lowest BCUT2D eigenvalue weighted by Crippen LogP contribution is -2.05. The molecule has 0 saturated heterocycles. The molecule has 0 unspecified atom stereocenters. The van der Waals surface area contributed by atoms with Gasteiger partial charge in [0.1, 0.15) is 0 Å². The number of rotatable bonds is 5. The maximum atomic E-state index is 4.36. The number of benzene rings is 2. The molecule has 3 aromatic rings. The first-order chi connectivity index (χ1) is 11.7. The molecule has 0 radical (unpaired) electrons. The Hall–Kier alpha value is -1.69. The van der Waals surface area contributed by atoms with Gasteiger partial charge in [0.2, 0.25) is 0 Å². The average molecular weight is 431 g/mol. The summed E-state index contributed by atoms with van der Waals surface area (Å²) in [5.41, 5.74) is 7.58. The van der Waals surface area contributed by atoms with Crippen LogP contribution in [0, 0.1) is 3.57 Å². The molecule has 0 aliphatic carbocycles. The van der Waals surface area contributed by atoms with Crippen LogP contribution in [0.3, 0.4) is 0 Å². The minimum atomic E-state index is 1.03. The summed E-state index contributed by atoms with van der Waals surface area (Å²) >= 11 is 2.32. The summed E-state index contributed by atoms with van der Waals surface area (Å²) in [6.45, 7) is 6.68. The van der Waals surface area contributed by atoms with Gasteiger partial charge in [0.25, 0.3) is 0 Å². The first-order valence-electron chi connectivity index (χ1n) is 8.49. The number of aromatic nitrogens is 3. The molecule has 0 N–H and O–H groups in total. The van der Waals surface area contributed by atoms with E-state index in [-0.39, 0.29) is 0 Å². The topological polar surface area (TPSA) is 30.7 Å². The smallest absolute Gasteiger partial charge is 0.0944 e. The van der Waals surface area contributed by atoms with Crippen molar-refractivity contribution in [3.05, 3.63) is 62.9 Å². The maximum Gasteiger partial charge on any atom is 0.0944 e. The predicted octanol–water partition coefficient (Wildman–Crippen LogP) is 5.23. The van der Waals surface area contributed by atoms with Crippen molar-refractivity contribution in [1.29, 1.82) is 0 Å². The van der Waals surface area contributed by atoms with Crippen LogP contribution in [0.15, 0.2) is 42.6 Å². The van der Waals surface area contributed by atoms with Crippen LogP contribution in [0.1, 0.15) is 37.5 Å². The largest absolute Gasteiger partial charge is 0.213 e. The Morgan fingerprint density at radius 2 is 1.54 bits per heavy atom. The molecule has 124 valence electrons. The van der Waals surface area contributed by atoms with E-state index in [4.69, 9.17) is 0 Å². The Balaban J connectivity index is 2.14. The fraction of sp³-hybridized carbons (Fsp3) is 0.300. The van der Waals surface area contributed by atoms with Gasteiger partial charge in [0.15, 0.2) is 0 Å². The molecule has 0 fully saturated rings. The van der Waals surface area contributed by atoms with Crippen LogP contribution >= 0.6 is 22.6 Å². The second kappa shape index (κ2) is 7.47. The van der Waals surface area contributed by atoms with Crippen LogP contribution < -0.4 is 0 Å². The molecule has 0 bridgehead atoms. The number of nitrogens with zero attached hydrogens (tertiary/aromatic N) is 3. The zero-order chi connectivity index (χ0) is 17.1. The monoisotopic (exact) mass is 431 g/mol. The number of halogens is 1. The van der Waals surface area contributed by atoms with Gasteiger partial charge in [-0.25, -0.2) is 4.68 Å². The Kier molecular flexibility index (Phi) is 5.33. The molecule has 3 rings (SSSR count). The van der Waals surface area contributed by atoms with Crippen molar-refractivity contribution in [1.82, 2.24) is 15.0 Å². The summed E-state index contributed by atoms with van der Waals surface area (Å²) in [4.78, 5) is 0. The number of hydrogen-bond donors (Lipinski definition) is 0. The highest BCUT2D eigenvalue weighted by atomic mass is 127. The molecule has 24 heavy (non-hydrogen) atoms. The lowest BCUT2D eigenvalue weighted by molar-refractivity contribution is 0.802. The SMILES string of the molecule is CCc1cc(-n2nncc2-c2ccc(I)cc2)cc(CC)c1CC. The van der Waals surface area contributed by atoms with Crippen molar-refractivity contribution in [2.45, 2.75) is 40.0 Å². The van der Waals surface area contributed by atoms with Crippen molar-refractivity contribution >= 4 is 22.6 Å². The van der Waals surface area contributed by atoms with Gasteiger partial charge < -0.3 is 0 Å². The van der Waals surface area contributed by atoms with E-state index in [9.17, 15) is 0 Å². The van der Waals surface area contributed by atoms with Gasteiger partial charge in [-0.2, -0.15) is 0 Å². The van der Waals surface area contributed by atoms with Gasteiger partial charge in [-0.15, -0.1) is 5.10 Å². The first kappa shape index (κ1) is 17.1. The third-order valence-corrected chi connectivity index (χ3v) is 5.19. The number of hydrogen-bond acceptors (Lipinski definition) is 2. The second-order valence-electron chi connectivity index (χ2n) is 5.84. The number of aryl methyl sites for hydroxylation is 2. The van der Waals surface area contributed by atoms with E-state index in [1.54, 1.807) is 0 Å². The molecule has 0 aliphatic rings. The van der Waals surface area contributed by atoms with Gasteiger partial charge >= 0.3 is 0 Å². The van der Waals surface area contributed by atoms with E-state index in [1.807, 2.05) is 10.9 Å². The van der Waals surface area contributed by atoms with Crippen molar-refractivity contribution in [3.8, 4) is 16.9 Å². The van der Waals surface area contributed by atoms with Gasteiger partial charge in [-0.1, -0.05) is 38.1 Å². The minimum absolute atomic E-state index is 1.03. The summed E-state index contributed by atoms with van der Waals surface area (Å²) < 4.78 is 3.18. The molecule has 0 spiro atoms. The highest BCUT2D eigenvalue weighted by molar-refractivity contribution is 14.1. The maximum absolute atomic E-state index is 4.36. The van der Waals surface area contributed by atoms with E-state index in [1.165, 1.54) is 20.3 Å². The summed E-state index contributed by atoms with van der Waals surface area (Å²) in [5.74, 6) is 0. The quantitative estimate of drug-likeness (QED) is 0.519. The molecule has 4 heteroatoms. The molecule has 3 nitrogen and oxygen atoms in total. The van der Waals surface area contributed by atoms with E-state index < -0.39 is 0 Å². The van der Waals surface area contributed by atoms with Crippen LogP contribution in [-0.2, 0) is 19.3 Å². The van der Waals surface area contributed by atoms with Gasteiger partial charge in [0, 0.05) is 9.13 Å². The zero-order valence-electron chi connectivity index (χ0n) is 14.4. The Morgan fingerprint density at radius 1 is 0.917 bits per heavy atom. The normalized spacial score (nSPS) is 11.0. The molecule has 0 atom stereocenters. The van der Waals surface area contributed by atoms with Crippen LogP contribution in [0.4, 0.5) is 0 Å². The average Bonchev–Trinajstić information content (AvgIpc) is 3.10. The van der Waals surface area contributed by atoms with Crippen LogP contribution in [0.2, 0.25) is 0 Å². The second-order valence-corrected chi connectivity index (χ2v) is 7.09. The lowest BCUT2D eigenvalue weighted by atomic mass is 9.94. The minimum Gasteiger partial charge on any atom is -0.213 e. The summed E-state index contributed by atoms with van der Waals surface area (Å²) in [5, 5.41) is 8.52. The summed E-state index contributed by atoms with van der Waals surface area (Å²) in [6, 6.07) is 13.0. The van der Waals surface area contributed by atoms with Crippen LogP contribution in [0.25, 0.3) is 16.9 Å². The Morgan fingerprint density at radius 3 is 2.08 bits per heavy atom. The van der Waals surface area contributed by atoms with Crippen LogP contribution in [0.5, 0.6) is 0 Å². The van der Waals surface area contributed by atoms with Gasteiger partial charge in [-0.3, -0.25) is 0 Å². The standard InChI is InChI=1S/C20H22IN3/c1-4-14-11-18(12-15(5-2)19(14)6-3)24-20(13-22-23-24)16-7-9-17(21)10-8-16/h7-13H,4-6H2,1-3H3. The van der Waals surface area contributed by atoms with Crippen molar-refractivity contribution in [2.75, 3.05) is 0 Å². The van der Waals surface area contributed by atoms with Crippen molar-refractivity contribution < 1.29 is 0 Å². The molecule has 0 aliphatic heterocycles. The van der Waals surface area contributed by atoms with E-state index in [2.05, 4.69) is 90.1 Å². The van der Waals surface area contributed by atoms with E-state index in [0.717, 1.165) is 36.2 Å². The van der Waals surface area contributed by atoms with Crippen LogP contribution in [-0.4, -0.2) is 15.0 Å². The molecule has 1 aromatic heterocycles. The molecule has 0 saturated carbocycles. The molecule has 2 aromatic carbocycles. The highest BCUT2D eigenvalue weighted by Gasteiger charge is 2.13. The van der Waals surface area contributed by atoms with Gasteiger partial charge in [-0.05, 0) is 82.8 Å². The van der Waals surface area contributed by atoms with E-state index in [0.29, 0.717) is 0 Å². The fourth-order valence-corrected chi connectivity index (χ4v) is 3.59. The van der Waals surface area contributed by atoms with Crippen molar-refractivity contribution in [2.24, 2.45) is 0 Å². The van der Waals surface area contributed by atoms with Crippen molar-refractivity contribution in [3.63, 3.8) is 0 Å². The third kappa shape index (κ3) is 3.24. The first-order valence-corrected chi connectivity index (χ1v) is 9.57. The third-order valence-electron chi connectivity index (χ3n) is 4.47. The summed E-state index contributed by atoms with van der Waals surface area (Å²) in [6.07, 6.45) is 5.00. The Labute approximate surface area is 157 Å². The highest BCUT2D eigenvalue weighted by Crippen LogP contribution is 2.26. The molecular formula is C20H22IN3. The zero-order valence-corrected chi connectivity index (χ0v) is 16.5. The molecule has 1 heterocycles. The Bertz CT molecular complexity index is 809.